The molecular weight excluding hydrogens is 796 g/mol. The summed E-state index contributed by atoms with van der Waals surface area (Å²) in [6, 6.07) is 0. The molecule has 8 fully saturated rings. The van der Waals surface area contributed by atoms with E-state index < -0.39 is 105 Å². The number of rotatable bonds is 7. The van der Waals surface area contributed by atoms with E-state index in [0.29, 0.717) is 48.3 Å². The van der Waals surface area contributed by atoms with Crippen molar-refractivity contribution < 1.29 is 78.7 Å². The molecule has 61 heavy (non-hydrogen) atoms. The first-order chi connectivity index (χ1) is 28.9. The maximum Gasteiger partial charge on any atom is 0.187 e. The van der Waals surface area contributed by atoms with Crippen LogP contribution in [0.15, 0.2) is 11.6 Å². The largest absolute Gasteiger partial charge is 0.394 e. The second-order valence-electron chi connectivity index (χ2n) is 21.1. The van der Waals surface area contributed by atoms with E-state index in [4.69, 9.17) is 37.9 Å². The van der Waals surface area contributed by atoms with E-state index >= 15 is 0 Å². The molecule has 3 saturated carbocycles. The zero-order chi connectivity index (χ0) is 43.5. The molecule has 5 heterocycles. The van der Waals surface area contributed by atoms with Gasteiger partial charge in [-0.15, -0.1) is 0 Å². The van der Waals surface area contributed by atoms with Crippen LogP contribution < -0.4 is 0 Å². The van der Waals surface area contributed by atoms with Crippen molar-refractivity contribution in [2.24, 2.45) is 46.3 Å². The number of fused-ring (bicyclic) bond motifs is 7. The van der Waals surface area contributed by atoms with E-state index in [0.717, 1.165) is 45.1 Å². The highest BCUT2D eigenvalue weighted by atomic mass is 16.8. The van der Waals surface area contributed by atoms with Crippen LogP contribution in [-0.2, 0) is 37.9 Å². The highest BCUT2D eigenvalue weighted by Gasteiger charge is 2.69. The maximum atomic E-state index is 12.0. The smallest absolute Gasteiger partial charge is 0.187 e. The fourth-order valence-corrected chi connectivity index (χ4v) is 14.0. The molecule has 9 rings (SSSR count). The summed E-state index contributed by atoms with van der Waals surface area (Å²) >= 11 is 0. The molecule has 0 radical (unpaired) electrons. The van der Waals surface area contributed by atoms with Crippen molar-refractivity contribution in [3.63, 3.8) is 0 Å². The summed E-state index contributed by atoms with van der Waals surface area (Å²) in [6.07, 6.45) is -10.4. The van der Waals surface area contributed by atoms with Gasteiger partial charge in [0.25, 0.3) is 0 Å². The Morgan fingerprint density at radius 2 is 1.34 bits per heavy atom. The van der Waals surface area contributed by atoms with Gasteiger partial charge in [0, 0.05) is 12.3 Å². The molecule has 8 N–H and O–H groups in total. The Hall–Kier alpha value is -0.900. The van der Waals surface area contributed by atoms with Gasteiger partial charge in [-0.1, -0.05) is 39.3 Å². The van der Waals surface area contributed by atoms with Gasteiger partial charge in [-0.05, 0) is 106 Å². The summed E-state index contributed by atoms with van der Waals surface area (Å²) in [5.41, 5.74) is 1.53. The van der Waals surface area contributed by atoms with Gasteiger partial charge in [-0.3, -0.25) is 0 Å². The van der Waals surface area contributed by atoms with Gasteiger partial charge in [0.05, 0.1) is 37.6 Å². The van der Waals surface area contributed by atoms with Crippen LogP contribution in [0.5, 0.6) is 0 Å². The first kappa shape index (κ1) is 45.3. The summed E-state index contributed by atoms with van der Waals surface area (Å²) in [7, 11) is 0. The summed E-state index contributed by atoms with van der Waals surface area (Å²) in [5.74, 6) is 2.64. The monoisotopic (exact) mass is 868 g/mol. The average molecular weight is 869 g/mol. The SMILES string of the molecule is CC1CCC2(OC1)OC1CC3C4CC=C5C[C@@H](O[C@@H]6O[C@H](CO)[C@@H](O[C@@H]7O[C@H](C)[C@@H](O)[C@@H](O)[C@H]7O)[C@@H](O)[C@H]6O[C@@H]6O[C@H](C)[C@H](O)[C@@H](O)[C@H]6O)CC[C@]5(C)C4CC[C@]3(C)C1C2C. The topological polar surface area (TPSA) is 236 Å². The molecule has 26 atom stereocenters. The van der Waals surface area contributed by atoms with Gasteiger partial charge in [0.15, 0.2) is 24.7 Å². The quantitative estimate of drug-likeness (QED) is 0.168. The molecule has 348 valence electrons. The molecule has 8 unspecified atom stereocenters. The molecule has 5 saturated heterocycles. The van der Waals surface area contributed by atoms with Gasteiger partial charge in [0.1, 0.15) is 61.0 Å². The summed E-state index contributed by atoms with van der Waals surface area (Å²) in [5, 5.41) is 85.9. The number of hydrogen-bond donors (Lipinski definition) is 8. The van der Waals surface area contributed by atoms with E-state index in [9.17, 15) is 40.9 Å². The summed E-state index contributed by atoms with van der Waals surface area (Å²) in [6.45, 7) is 12.7. The number of aliphatic hydroxyl groups excluding tert-OH is 8. The Labute approximate surface area is 358 Å². The Kier molecular flexibility index (Phi) is 12.4. The molecule has 4 aliphatic carbocycles. The van der Waals surface area contributed by atoms with E-state index in [1.807, 2.05) is 0 Å². The van der Waals surface area contributed by atoms with Crippen LogP contribution in [0.3, 0.4) is 0 Å². The molecule has 0 amide bonds. The highest BCUT2D eigenvalue weighted by molar-refractivity contribution is 5.26. The Morgan fingerprint density at radius 3 is 1.97 bits per heavy atom. The molecule has 16 heteroatoms. The lowest BCUT2D eigenvalue weighted by Gasteiger charge is -2.58. The van der Waals surface area contributed by atoms with Crippen molar-refractivity contribution in [3.05, 3.63) is 11.6 Å². The Balaban J connectivity index is 0.916. The van der Waals surface area contributed by atoms with E-state index in [2.05, 4.69) is 33.8 Å². The Bertz CT molecular complexity index is 1590. The third-order valence-electron chi connectivity index (χ3n) is 17.6. The third-order valence-corrected chi connectivity index (χ3v) is 17.6. The number of hydrogen-bond acceptors (Lipinski definition) is 16. The summed E-state index contributed by atoms with van der Waals surface area (Å²) < 4.78 is 50.1. The molecule has 0 bridgehead atoms. The van der Waals surface area contributed by atoms with Crippen molar-refractivity contribution in [1.82, 2.24) is 0 Å². The minimum atomic E-state index is -1.71. The predicted molar refractivity (Wildman–Crippen MR) is 213 cm³/mol. The molecule has 16 nitrogen and oxygen atoms in total. The van der Waals surface area contributed by atoms with Crippen molar-refractivity contribution >= 4 is 0 Å². The normalized spacial score (nSPS) is 58.4. The lowest BCUT2D eigenvalue weighted by molar-refractivity contribution is -0.388. The second-order valence-corrected chi connectivity index (χ2v) is 21.1. The van der Waals surface area contributed by atoms with Crippen LogP contribution >= 0.6 is 0 Å². The molecule has 5 aliphatic heterocycles. The number of aliphatic hydroxyl groups is 8. The number of ether oxygens (including phenoxy) is 8. The standard InChI is InChI=1S/C45H72O16/c1-19-9-14-45(54-18-19)20(2)30-28(61-45)16-27-25-8-7-23-15-24(10-12-43(23,5)26(25)11-13-44(27,30)6)57-42-39(60-41-36(52)34(50)32(48)22(4)56-41)37(53)38(29(17-46)58-42)59-40-35(51)33(49)31(47)21(3)55-40/h7,19-22,24-42,46-53H,8-18H2,1-6H3/t19?,20?,21-,22-,24+,25?,26?,27?,28?,29-,30?,31-,32+,33-,34-,35-,36-,37-,38-,39-,40+,41+,42-,43+,44+,45?/m1/s1. The van der Waals surface area contributed by atoms with E-state index in [-0.39, 0.29) is 23.0 Å². The van der Waals surface area contributed by atoms with Gasteiger partial charge >= 0.3 is 0 Å². The molecule has 9 aliphatic rings. The van der Waals surface area contributed by atoms with Crippen molar-refractivity contribution in [2.75, 3.05) is 13.2 Å². The minimum Gasteiger partial charge on any atom is -0.394 e. The van der Waals surface area contributed by atoms with Crippen LogP contribution in [-0.4, -0.2) is 164 Å². The number of allylic oxidation sites excluding steroid dienone is 1. The lowest BCUT2D eigenvalue weighted by atomic mass is 9.47. The van der Waals surface area contributed by atoms with Crippen LogP contribution in [0, 0.1) is 46.3 Å². The van der Waals surface area contributed by atoms with E-state index in [1.54, 1.807) is 0 Å². The van der Waals surface area contributed by atoms with E-state index in [1.165, 1.54) is 25.8 Å². The predicted octanol–water partition coefficient (Wildman–Crippen LogP) is 1.24. The zero-order valence-electron chi connectivity index (χ0n) is 36.5. The molecule has 0 aromatic heterocycles. The minimum absolute atomic E-state index is 0.0171. The van der Waals surface area contributed by atoms with Crippen LogP contribution in [0.25, 0.3) is 0 Å². The van der Waals surface area contributed by atoms with Gasteiger partial charge in [-0.2, -0.15) is 0 Å². The van der Waals surface area contributed by atoms with Crippen LogP contribution in [0.4, 0.5) is 0 Å². The fraction of sp³-hybridized carbons (Fsp3) is 0.956. The van der Waals surface area contributed by atoms with Crippen LogP contribution in [0.2, 0.25) is 0 Å². The maximum absolute atomic E-state index is 12.0. The Morgan fingerprint density at radius 1 is 0.689 bits per heavy atom. The third kappa shape index (κ3) is 7.42. The van der Waals surface area contributed by atoms with Gasteiger partial charge in [0.2, 0.25) is 0 Å². The summed E-state index contributed by atoms with van der Waals surface area (Å²) in [4.78, 5) is 0. The van der Waals surface area contributed by atoms with Crippen molar-refractivity contribution in [3.8, 4) is 0 Å². The van der Waals surface area contributed by atoms with Gasteiger partial charge in [-0.25, -0.2) is 0 Å². The highest BCUT2D eigenvalue weighted by Crippen LogP contribution is 2.70. The van der Waals surface area contributed by atoms with Crippen LogP contribution in [0.1, 0.15) is 99.3 Å². The molecular formula is C45H72O16. The first-order valence-corrected chi connectivity index (χ1v) is 23.2. The van der Waals surface area contributed by atoms with Crippen molar-refractivity contribution in [1.29, 1.82) is 0 Å². The second kappa shape index (κ2) is 16.8. The van der Waals surface area contributed by atoms with Gasteiger partial charge < -0.3 is 78.7 Å². The fourth-order valence-electron chi connectivity index (χ4n) is 14.0. The lowest BCUT2D eigenvalue weighted by Crippen LogP contribution is -2.66. The van der Waals surface area contributed by atoms with Crippen molar-refractivity contribution in [2.45, 2.75) is 209 Å². The molecule has 0 aromatic rings. The average Bonchev–Trinajstić information content (AvgIpc) is 3.69. The molecule has 0 aromatic carbocycles. The molecule has 1 spiro atoms. The first-order valence-electron chi connectivity index (χ1n) is 23.2. The zero-order valence-corrected chi connectivity index (χ0v) is 36.5.